The van der Waals surface area contributed by atoms with Crippen LogP contribution in [-0.4, -0.2) is 41.6 Å². The third-order valence-electron chi connectivity index (χ3n) is 3.60. The standard InChI is InChI=1S/C15H11F6N5O2S/c16-14(17,18)7-23-12-10-5-6-22-11(10)25-13(26-12)24-8-1-3-9(4-2-8)29(27,28)15(19,20)21/h1-6H,7H2,(H3,22,23,24,25,26). The van der Waals surface area contributed by atoms with Crippen LogP contribution in [0, 0.1) is 0 Å². The number of sulfone groups is 1. The molecule has 0 saturated heterocycles. The summed E-state index contributed by atoms with van der Waals surface area (Å²) in [6.07, 6.45) is -3.04. The summed E-state index contributed by atoms with van der Waals surface area (Å²) in [4.78, 5) is 9.74. The van der Waals surface area contributed by atoms with Crippen molar-refractivity contribution in [2.24, 2.45) is 0 Å². The van der Waals surface area contributed by atoms with Crippen molar-refractivity contribution in [2.45, 2.75) is 16.6 Å². The summed E-state index contributed by atoms with van der Waals surface area (Å²) in [5.74, 6) is -0.275. The van der Waals surface area contributed by atoms with Crippen LogP contribution in [0.15, 0.2) is 41.4 Å². The van der Waals surface area contributed by atoms with Gasteiger partial charge in [0.05, 0.1) is 10.3 Å². The van der Waals surface area contributed by atoms with E-state index in [1.54, 1.807) is 0 Å². The van der Waals surface area contributed by atoms with Gasteiger partial charge in [-0.2, -0.15) is 36.3 Å². The Kier molecular flexibility index (Phi) is 5.06. The molecule has 1 aromatic carbocycles. The summed E-state index contributed by atoms with van der Waals surface area (Å²) >= 11 is 0. The Bertz CT molecular complexity index is 1120. The fourth-order valence-corrected chi connectivity index (χ4v) is 3.06. The highest BCUT2D eigenvalue weighted by Gasteiger charge is 2.46. The molecule has 0 bridgehead atoms. The predicted molar refractivity (Wildman–Crippen MR) is 91.4 cm³/mol. The molecule has 0 atom stereocenters. The van der Waals surface area contributed by atoms with Gasteiger partial charge in [-0.25, -0.2) is 8.42 Å². The second-order valence-electron chi connectivity index (χ2n) is 5.70. The van der Waals surface area contributed by atoms with Gasteiger partial charge in [0.15, 0.2) is 0 Å². The topological polar surface area (TPSA) is 99.8 Å². The maximum Gasteiger partial charge on any atom is 0.501 e. The van der Waals surface area contributed by atoms with E-state index in [9.17, 15) is 34.8 Å². The first kappa shape index (κ1) is 20.7. The SMILES string of the molecule is O=S(=O)(c1ccc(Nc2nc(NCC(F)(F)F)c3cc[nH]c3n2)cc1)C(F)(F)F. The first-order chi connectivity index (χ1) is 13.4. The van der Waals surface area contributed by atoms with Crippen molar-refractivity contribution in [3.05, 3.63) is 36.5 Å². The van der Waals surface area contributed by atoms with E-state index in [1.807, 2.05) is 0 Å². The minimum absolute atomic E-state index is 0.118. The fraction of sp³-hybridized carbons (Fsp3) is 0.200. The lowest BCUT2D eigenvalue weighted by atomic mass is 10.3. The molecule has 0 fully saturated rings. The number of aromatic amines is 1. The molecule has 14 heteroatoms. The van der Waals surface area contributed by atoms with Gasteiger partial charge in [-0.1, -0.05) is 0 Å². The zero-order chi connectivity index (χ0) is 21.4. The van der Waals surface area contributed by atoms with Gasteiger partial charge in [0.2, 0.25) is 5.95 Å². The maximum atomic E-state index is 12.6. The molecule has 0 unspecified atom stereocenters. The molecule has 156 valence electrons. The van der Waals surface area contributed by atoms with Gasteiger partial charge < -0.3 is 15.6 Å². The lowest BCUT2D eigenvalue weighted by Crippen LogP contribution is -2.23. The van der Waals surface area contributed by atoms with Crippen LogP contribution in [-0.2, 0) is 9.84 Å². The Hall–Kier alpha value is -3.03. The third kappa shape index (κ3) is 4.52. The number of anilines is 3. The summed E-state index contributed by atoms with van der Waals surface area (Å²) in [6.45, 7) is -1.34. The number of halogens is 6. The minimum Gasteiger partial charge on any atom is -0.360 e. The largest absolute Gasteiger partial charge is 0.501 e. The van der Waals surface area contributed by atoms with Gasteiger partial charge in [0.1, 0.15) is 18.0 Å². The summed E-state index contributed by atoms with van der Waals surface area (Å²) in [5, 5.41) is 5.04. The van der Waals surface area contributed by atoms with Gasteiger partial charge in [-0.15, -0.1) is 0 Å². The molecule has 3 aromatic rings. The number of hydrogen-bond acceptors (Lipinski definition) is 6. The molecule has 29 heavy (non-hydrogen) atoms. The summed E-state index contributed by atoms with van der Waals surface area (Å²) in [5.41, 5.74) is -5.11. The Morgan fingerprint density at radius 1 is 0.966 bits per heavy atom. The zero-order valence-corrected chi connectivity index (χ0v) is 14.9. The number of aromatic nitrogens is 3. The molecule has 3 rings (SSSR count). The van der Waals surface area contributed by atoms with Crippen molar-refractivity contribution < 1.29 is 34.8 Å². The lowest BCUT2D eigenvalue weighted by Gasteiger charge is -2.12. The quantitative estimate of drug-likeness (QED) is 0.521. The molecule has 2 heterocycles. The third-order valence-corrected chi connectivity index (χ3v) is 5.10. The van der Waals surface area contributed by atoms with Crippen LogP contribution in [0.4, 0.5) is 43.8 Å². The van der Waals surface area contributed by atoms with Crippen LogP contribution in [0.25, 0.3) is 11.0 Å². The highest BCUT2D eigenvalue weighted by Crippen LogP contribution is 2.31. The molecule has 0 aliphatic rings. The van der Waals surface area contributed by atoms with E-state index in [0.717, 1.165) is 24.3 Å². The highest BCUT2D eigenvalue weighted by molar-refractivity contribution is 7.92. The van der Waals surface area contributed by atoms with Crippen molar-refractivity contribution in [3.63, 3.8) is 0 Å². The molecular formula is C15H11F6N5O2S. The first-order valence-corrected chi connectivity index (χ1v) is 9.19. The van der Waals surface area contributed by atoms with E-state index in [4.69, 9.17) is 0 Å². The van der Waals surface area contributed by atoms with Crippen LogP contribution in [0.1, 0.15) is 0 Å². The second-order valence-corrected chi connectivity index (χ2v) is 7.64. The van der Waals surface area contributed by atoms with Crippen molar-refractivity contribution in [1.29, 1.82) is 0 Å². The van der Waals surface area contributed by atoms with Crippen molar-refractivity contribution in [1.82, 2.24) is 15.0 Å². The second kappa shape index (κ2) is 7.09. The summed E-state index contributed by atoms with van der Waals surface area (Å²) in [6, 6.07) is 5.03. The number of hydrogen-bond donors (Lipinski definition) is 3. The number of benzene rings is 1. The Balaban J connectivity index is 1.87. The van der Waals surface area contributed by atoms with E-state index in [-0.39, 0.29) is 23.1 Å². The van der Waals surface area contributed by atoms with Gasteiger partial charge in [0.25, 0.3) is 9.84 Å². The van der Waals surface area contributed by atoms with E-state index >= 15 is 0 Å². The number of nitrogens with one attached hydrogen (secondary N) is 3. The molecule has 7 nitrogen and oxygen atoms in total. The number of alkyl halides is 6. The lowest BCUT2D eigenvalue weighted by molar-refractivity contribution is -0.115. The van der Waals surface area contributed by atoms with E-state index < -0.39 is 33.0 Å². The molecular weight excluding hydrogens is 428 g/mol. The van der Waals surface area contributed by atoms with Crippen LogP contribution in [0.5, 0.6) is 0 Å². The number of fused-ring (bicyclic) bond motifs is 1. The molecule has 0 saturated carbocycles. The van der Waals surface area contributed by atoms with Crippen molar-refractivity contribution in [3.8, 4) is 0 Å². The van der Waals surface area contributed by atoms with Crippen molar-refractivity contribution >= 4 is 38.3 Å². The van der Waals surface area contributed by atoms with Gasteiger partial charge in [-0.3, -0.25) is 0 Å². The average molecular weight is 439 g/mol. The van der Waals surface area contributed by atoms with E-state index in [1.165, 1.54) is 12.3 Å². The molecule has 0 aliphatic carbocycles. The average Bonchev–Trinajstić information content (AvgIpc) is 3.07. The number of rotatable bonds is 5. The zero-order valence-electron chi connectivity index (χ0n) is 14.1. The first-order valence-electron chi connectivity index (χ1n) is 7.71. The smallest absolute Gasteiger partial charge is 0.360 e. The van der Waals surface area contributed by atoms with Gasteiger partial charge in [0, 0.05) is 11.9 Å². The van der Waals surface area contributed by atoms with E-state index in [2.05, 4.69) is 25.6 Å². The van der Waals surface area contributed by atoms with E-state index in [0.29, 0.717) is 5.39 Å². The highest BCUT2D eigenvalue weighted by atomic mass is 32.2. The predicted octanol–water partition coefficient (Wildman–Crippen LogP) is 3.97. The number of H-pyrrole nitrogens is 1. The van der Waals surface area contributed by atoms with Crippen molar-refractivity contribution in [2.75, 3.05) is 17.2 Å². The number of nitrogens with zero attached hydrogens (tertiary/aromatic N) is 2. The molecule has 3 N–H and O–H groups in total. The summed E-state index contributed by atoms with van der Waals surface area (Å²) < 4.78 is 97.9. The molecule has 2 aromatic heterocycles. The summed E-state index contributed by atoms with van der Waals surface area (Å²) in [7, 11) is -5.50. The van der Waals surface area contributed by atoms with Gasteiger partial charge in [-0.05, 0) is 30.3 Å². The molecule has 0 amide bonds. The van der Waals surface area contributed by atoms with Crippen LogP contribution >= 0.6 is 0 Å². The van der Waals surface area contributed by atoms with Crippen LogP contribution < -0.4 is 10.6 Å². The van der Waals surface area contributed by atoms with Crippen LogP contribution in [0.3, 0.4) is 0 Å². The minimum atomic E-state index is -5.50. The Morgan fingerprint density at radius 2 is 1.62 bits per heavy atom. The van der Waals surface area contributed by atoms with Crippen LogP contribution in [0.2, 0.25) is 0 Å². The maximum absolute atomic E-state index is 12.6. The molecule has 0 radical (unpaired) electrons. The fourth-order valence-electron chi connectivity index (χ4n) is 2.30. The van der Waals surface area contributed by atoms with Gasteiger partial charge >= 0.3 is 11.7 Å². The Morgan fingerprint density at radius 3 is 2.21 bits per heavy atom. The normalized spacial score (nSPS) is 12.9. The molecule has 0 spiro atoms. The monoisotopic (exact) mass is 439 g/mol. The molecule has 0 aliphatic heterocycles. The Labute approximate surface area is 159 Å².